The number of hydrogen-bond donors (Lipinski definition) is 0. The molecule has 2 aromatic rings. The van der Waals surface area contributed by atoms with E-state index < -0.39 is 5.60 Å². The maximum atomic E-state index is 12.4. The van der Waals surface area contributed by atoms with Crippen LogP contribution < -0.4 is 4.90 Å². The third kappa shape index (κ3) is 4.06. The molecular formula is C26H36ClN5O2. The largest absolute Gasteiger partial charge is 0.444 e. The van der Waals surface area contributed by atoms with Crippen molar-refractivity contribution in [1.82, 2.24) is 19.7 Å². The van der Waals surface area contributed by atoms with Gasteiger partial charge >= 0.3 is 6.09 Å². The molecule has 184 valence electrons. The van der Waals surface area contributed by atoms with Crippen molar-refractivity contribution in [3.63, 3.8) is 0 Å². The van der Waals surface area contributed by atoms with Gasteiger partial charge in [0.15, 0.2) is 0 Å². The summed E-state index contributed by atoms with van der Waals surface area (Å²) in [6.07, 6.45) is 5.72. The van der Waals surface area contributed by atoms with Crippen molar-refractivity contribution in [1.29, 1.82) is 0 Å². The zero-order valence-electron chi connectivity index (χ0n) is 21.2. The first-order valence-electron chi connectivity index (χ1n) is 12.4. The Balaban J connectivity index is 1.33. The summed E-state index contributed by atoms with van der Waals surface area (Å²) in [5.74, 6) is 1.43. The van der Waals surface area contributed by atoms with Crippen LogP contribution in [0.4, 0.5) is 10.6 Å². The van der Waals surface area contributed by atoms with Gasteiger partial charge in [-0.3, -0.25) is 4.68 Å². The summed E-state index contributed by atoms with van der Waals surface area (Å²) >= 11 is 6.92. The van der Waals surface area contributed by atoms with Gasteiger partial charge in [-0.15, -0.1) is 0 Å². The Morgan fingerprint density at radius 1 is 1.24 bits per heavy atom. The minimum Gasteiger partial charge on any atom is -0.444 e. The van der Waals surface area contributed by atoms with Crippen LogP contribution in [0.2, 0.25) is 5.02 Å². The number of amides is 1. The zero-order chi connectivity index (χ0) is 24.4. The summed E-state index contributed by atoms with van der Waals surface area (Å²) in [6.45, 7) is 13.3. The normalized spacial score (nSPS) is 21.6. The highest BCUT2D eigenvalue weighted by atomic mass is 35.5. The number of nitrogens with zero attached hydrogens (tertiary/aromatic N) is 5. The molecule has 7 nitrogen and oxygen atoms in total. The van der Waals surface area contributed by atoms with Gasteiger partial charge in [0, 0.05) is 61.5 Å². The SMILES string of the molecule is Cc1cnn(C)c1C1CCc2c(nc(N3CCC4(CN(C(=O)OC(C)(C)C)C4)C3)c(C)c2Cl)C1. The van der Waals surface area contributed by atoms with E-state index in [-0.39, 0.29) is 11.5 Å². The van der Waals surface area contributed by atoms with Crippen molar-refractivity contribution in [2.45, 2.75) is 71.8 Å². The molecule has 0 saturated carbocycles. The zero-order valence-corrected chi connectivity index (χ0v) is 22.0. The van der Waals surface area contributed by atoms with Crippen molar-refractivity contribution in [3.05, 3.63) is 39.3 Å². The van der Waals surface area contributed by atoms with Crippen LogP contribution in [0.25, 0.3) is 0 Å². The van der Waals surface area contributed by atoms with Gasteiger partial charge in [-0.05, 0) is 71.4 Å². The van der Waals surface area contributed by atoms with Crippen molar-refractivity contribution in [2.24, 2.45) is 12.5 Å². The molecule has 1 spiro atoms. The van der Waals surface area contributed by atoms with E-state index >= 15 is 0 Å². The molecule has 8 heteroatoms. The van der Waals surface area contributed by atoms with Crippen LogP contribution in [0.15, 0.2) is 6.20 Å². The van der Waals surface area contributed by atoms with E-state index in [0.717, 1.165) is 74.0 Å². The molecule has 2 aliphatic heterocycles. The summed E-state index contributed by atoms with van der Waals surface area (Å²) in [6, 6.07) is 0. The predicted molar refractivity (Wildman–Crippen MR) is 134 cm³/mol. The van der Waals surface area contributed by atoms with Gasteiger partial charge in [0.2, 0.25) is 0 Å². The standard InChI is InChI=1S/C26H36ClN5O2/c1-16-12-28-30(6)22(16)18-7-8-19-20(11-18)29-23(17(2)21(19)27)31-10-9-26(13-31)14-32(15-26)24(33)34-25(3,4)5/h12,18H,7-11,13-15H2,1-6H3. The van der Waals surface area contributed by atoms with Gasteiger partial charge in [0.25, 0.3) is 0 Å². The second kappa shape index (κ2) is 8.14. The van der Waals surface area contributed by atoms with Gasteiger partial charge in [0.05, 0.1) is 11.2 Å². The highest BCUT2D eigenvalue weighted by Gasteiger charge is 2.50. The first-order chi connectivity index (χ1) is 16.0. The van der Waals surface area contributed by atoms with Crippen molar-refractivity contribution in [3.8, 4) is 0 Å². The second-order valence-electron chi connectivity index (χ2n) is 11.6. The predicted octanol–water partition coefficient (Wildman–Crippen LogP) is 4.81. The number of halogens is 1. The van der Waals surface area contributed by atoms with E-state index in [0.29, 0.717) is 5.92 Å². The Kier molecular flexibility index (Phi) is 5.62. The van der Waals surface area contributed by atoms with Gasteiger partial charge < -0.3 is 14.5 Å². The van der Waals surface area contributed by atoms with Crippen LogP contribution in [-0.4, -0.2) is 57.5 Å². The van der Waals surface area contributed by atoms with Crippen molar-refractivity contribution in [2.75, 3.05) is 31.1 Å². The lowest BCUT2D eigenvalue weighted by molar-refractivity contribution is -0.0266. The Labute approximate surface area is 207 Å². The molecule has 0 radical (unpaired) electrons. The molecule has 1 atom stereocenters. The van der Waals surface area contributed by atoms with Gasteiger partial charge in [-0.2, -0.15) is 5.10 Å². The maximum Gasteiger partial charge on any atom is 0.410 e. The fraction of sp³-hybridized carbons (Fsp3) is 0.654. The molecule has 1 amide bonds. The fourth-order valence-corrected chi connectivity index (χ4v) is 6.37. The number of anilines is 1. The highest BCUT2D eigenvalue weighted by Crippen LogP contribution is 2.44. The summed E-state index contributed by atoms with van der Waals surface area (Å²) in [7, 11) is 2.03. The van der Waals surface area contributed by atoms with Crippen LogP contribution in [-0.2, 0) is 24.6 Å². The molecule has 1 aliphatic carbocycles. The Morgan fingerprint density at radius 3 is 2.62 bits per heavy atom. The topological polar surface area (TPSA) is 63.5 Å². The number of aromatic nitrogens is 3. The number of rotatable bonds is 2. The van der Waals surface area contributed by atoms with Crippen LogP contribution in [0.5, 0.6) is 0 Å². The van der Waals surface area contributed by atoms with Crippen LogP contribution in [0.3, 0.4) is 0 Å². The minimum atomic E-state index is -0.464. The molecule has 2 saturated heterocycles. The third-order valence-corrected chi connectivity index (χ3v) is 8.22. The number of hydrogen-bond acceptors (Lipinski definition) is 5. The van der Waals surface area contributed by atoms with E-state index in [1.807, 2.05) is 43.6 Å². The highest BCUT2D eigenvalue weighted by molar-refractivity contribution is 6.32. The van der Waals surface area contributed by atoms with E-state index in [2.05, 4.69) is 23.8 Å². The van der Waals surface area contributed by atoms with Gasteiger partial charge in [0.1, 0.15) is 11.4 Å². The average molecular weight is 486 g/mol. The van der Waals surface area contributed by atoms with Gasteiger partial charge in [-0.25, -0.2) is 9.78 Å². The smallest absolute Gasteiger partial charge is 0.410 e. The van der Waals surface area contributed by atoms with Gasteiger partial charge in [-0.1, -0.05) is 11.6 Å². The number of likely N-dealkylation sites (tertiary alicyclic amines) is 1. The summed E-state index contributed by atoms with van der Waals surface area (Å²) < 4.78 is 7.56. The first-order valence-corrected chi connectivity index (χ1v) is 12.7. The van der Waals surface area contributed by atoms with E-state index in [1.54, 1.807) is 0 Å². The second-order valence-corrected chi connectivity index (χ2v) is 12.0. The average Bonchev–Trinajstić information content (AvgIpc) is 3.32. The molecule has 5 rings (SSSR count). The Morgan fingerprint density at radius 2 is 1.97 bits per heavy atom. The van der Waals surface area contributed by atoms with E-state index in [4.69, 9.17) is 21.3 Å². The monoisotopic (exact) mass is 485 g/mol. The first kappa shape index (κ1) is 23.5. The van der Waals surface area contributed by atoms with Crippen LogP contribution in [0.1, 0.15) is 67.6 Å². The molecule has 1 unspecified atom stereocenters. The lowest BCUT2D eigenvalue weighted by Crippen LogP contribution is -2.60. The molecule has 0 N–H and O–H groups in total. The molecule has 34 heavy (non-hydrogen) atoms. The molecule has 0 aromatic carbocycles. The number of pyridine rings is 1. The molecule has 0 bridgehead atoms. The molecule has 2 fully saturated rings. The quantitative estimate of drug-likeness (QED) is 0.611. The Bertz CT molecular complexity index is 1110. The van der Waals surface area contributed by atoms with Crippen LogP contribution in [0, 0.1) is 19.3 Å². The summed E-state index contributed by atoms with van der Waals surface area (Å²) in [4.78, 5) is 21.8. The summed E-state index contributed by atoms with van der Waals surface area (Å²) in [5, 5.41) is 5.33. The number of fused-ring (bicyclic) bond motifs is 1. The maximum absolute atomic E-state index is 12.4. The van der Waals surface area contributed by atoms with Crippen molar-refractivity contribution < 1.29 is 9.53 Å². The number of carbonyl (C=O) groups excluding carboxylic acids is 1. The van der Waals surface area contributed by atoms with Crippen molar-refractivity contribution >= 4 is 23.5 Å². The fourth-order valence-electron chi connectivity index (χ4n) is 6.08. The number of ether oxygens (including phenoxy) is 1. The Hall–Kier alpha value is -2.28. The molecule has 2 aromatic heterocycles. The van der Waals surface area contributed by atoms with Crippen LogP contribution >= 0.6 is 11.6 Å². The number of aryl methyl sites for hydroxylation is 2. The molecule has 3 aliphatic rings. The lowest BCUT2D eigenvalue weighted by Gasteiger charge is -2.47. The number of carbonyl (C=O) groups is 1. The molecular weight excluding hydrogens is 450 g/mol. The molecule has 4 heterocycles. The van der Waals surface area contributed by atoms with E-state index in [9.17, 15) is 4.79 Å². The lowest BCUT2D eigenvalue weighted by atomic mass is 9.79. The summed E-state index contributed by atoms with van der Waals surface area (Å²) in [5.41, 5.74) is 5.64. The third-order valence-electron chi connectivity index (χ3n) is 7.71. The van der Waals surface area contributed by atoms with E-state index in [1.165, 1.54) is 16.8 Å². The minimum absolute atomic E-state index is 0.127.